The van der Waals surface area contributed by atoms with E-state index in [2.05, 4.69) is 5.32 Å². The quantitative estimate of drug-likeness (QED) is 0.546. The zero-order chi connectivity index (χ0) is 12.5. The summed E-state index contributed by atoms with van der Waals surface area (Å²) in [5, 5.41) is 20.8. The minimum absolute atomic E-state index is 0.0658. The zero-order valence-corrected chi connectivity index (χ0v) is 10.2. The Hall–Kier alpha value is -0.650. The van der Waals surface area contributed by atoms with Crippen LogP contribution in [0.3, 0.4) is 0 Å². The summed E-state index contributed by atoms with van der Waals surface area (Å²) >= 11 is 0. The second kappa shape index (κ2) is 8.44. The van der Waals surface area contributed by atoms with Crippen molar-refractivity contribution in [1.82, 2.24) is 5.32 Å². The molecule has 1 fully saturated rings. The van der Waals surface area contributed by atoms with Crippen LogP contribution in [0, 0.1) is 5.92 Å². The van der Waals surface area contributed by atoms with Crippen molar-refractivity contribution in [2.45, 2.75) is 38.1 Å². The molecule has 0 aromatic rings. The lowest BCUT2D eigenvalue weighted by Crippen LogP contribution is -2.37. The van der Waals surface area contributed by atoms with Crippen LogP contribution in [-0.2, 0) is 9.53 Å². The van der Waals surface area contributed by atoms with E-state index < -0.39 is 5.97 Å². The Kier molecular flexibility index (Phi) is 7.16. The van der Waals surface area contributed by atoms with Gasteiger partial charge in [0.25, 0.3) is 0 Å². The third kappa shape index (κ3) is 6.00. The van der Waals surface area contributed by atoms with Gasteiger partial charge in [-0.25, -0.2) is 0 Å². The van der Waals surface area contributed by atoms with Crippen molar-refractivity contribution in [3.05, 3.63) is 0 Å². The van der Waals surface area contributed by atoms with E-state index in [0.29, 0.717) is 19.3 Å². The molecule has 0 aromatic carbocycles. The lowest BCUT2D eigenvalue weighted by Gasteiger charge is -2.27. The van der Waals surface area contributed by atoms with Crippen LogP contribution in [-0.4, -0.2) is 48.6 Å². The highest BCUT2D eigenvalue weighted by Crippen LogP contribution is 2.24. The highest BCUT2D eigenvalue weighted by Gasteiger charge is 2.26. The Morgan fingerprint density at radius 3 is 2.88 bits per heavy atom. The number of carbonyl (C=O) groups is 1. The molecule has 0 saturated heterocycles. The summed E-state index contributed by atoms with van der Waals surface area (Å²) in [6.45, 7) is 1.95. The maximum atomic E-state index is 10.9. The van der Waals surface area contributed by atoms with E-state index in [9.17, 15) is 4.79 Å². The summed E-state index contributed by atoms with van der Waals surface area (Å²) in [7, 11) is 0. The number of rotatable bonds is 8. The number of ether oxygens (including phenoxy) is 1. The standard InChI is InChI=1S/C12H23NO4/c14-6-8-17-7-2-5-13-11-4-1-3-10(9-11)12(15)16/h10-11,13-14H,1-9H2,(H,15,16). The SMILES string of the molecule is O=C(O)C1CCCC(NCCCOCCO)C1. The van der Waals surface area contributed by atoms with Crippen molar-refractivity contribution in [1.29, 1.82) is 0 Å². The van der Waals surface area contributed by atoms with Gasteiger partial charge in [-0.05, 0) is 32.2 Å². The summed E-state index contributed by atoms with van der Waals surface area (Å²) in [4.78, 5) is 10.9. The molecule has 0 heterocycles. The van der Waals surface area contributed by atoms with E-state index in [1.54, 1.807) is 0 Å². The number of aliphatic carboxylic acids is 1. The maximum Gasteiger partial charge on any atom is 0.306 e. The van der Waals surface area contributed by atoms with Crippen LogP contribution >= 0.6 is 0 Å². The van der Waals surface area contributed by atoms with Gasteiger partial charge in [0.2, 0.25) is 0 Å². The maximum absolute atomic E-state index is 10.9. The molecule has 1 saturated carbocycles. The first-order valence-electron chi connectivity index (χ1n) is 6.39. The number of aliphatic hydroxyl groups excluding tert-OH is 1. The number of carboxylic acids is 1. The third-order valence-corrected chi connectivity index (χ3v) is 3.16. The fourth-order valence-electron chi connectivity index (χ4n) is 2.25. The summed E-state index contributed by atoms with van der Waals surface area (Å²) < 4.78 is 5.15. The van der Waals surface area contributed by atoms with Crippen LogP contribution in [0.2, 0.25) is 0 Å². The van der Waals surface area contributed by atoms with E-state index in [4.69, 9.17) is 14.9 Å². The summed E-state index contributed by atoms with van der Waals surface area (Å²) in [6, 6.07) is 0.336. The van der Waals surface area contributed by atoms with Crippen molar-refractivity contribution >= 4 is 5.97 Å². The predicted octanol–water partition coefficient (Wildman–Crippen LogP) is 0.618. The molecule has 2 atom stereocenters. The Morgan fingerprint density at radius 1 is 1.35 bits per heavy atom. The molecule has 2 unspecified atom stereocenters. The number of hydrogen-bond acceptors (Lipinski definition) is 4. The summed E-state index contributed by atoms with van der Waals surface area (Å²) in [6.07, 6.45) is 4.52. The molecule has 1 aliphatic rings. The van der Waals surface area contributed by atoms with Crippen LogP contribution in [0.15, 0.2) is 0 Å². The Balaban J connectivity index is 2.04. The molecule has 0 radical (unpaired) electrons. The van der Waals surface area contributed by atoms with Gasteiger partial charge in [-0.15, -0.1) is 0 Å². The number of carboxylic acid groups (broad SMARTS) is 1. The van der Waals surface area contributed by atoms with Crippen molar-refractivity contribution in [3.8, 4) is 0 Å². The average molecular weight is 245 g/mol. The largest absolute Gasteiger partial charge is 0.481 e. The Labute approximate surface area is 102 Å². The number of nitrogens with one attached hydrogen (secondary N) is 1. The molecule has 5 nitrogen and oxygen atoms in total. The molecule has 0 amide bonds. The molecule has 1 aliphatic carbocycles. The first-order chi connectivity index (χ1) is 8.24. The highest BCUT2D eigenvalue weighted by atomic mass is 16.5. The minimum Gasteiger partial charge on any atom is -0.481 e. The Bertz CT molecular complexity index is 223. The van der Waals surface area contributed by atoms with Gasteiger partial charge in [0.15, 0.2) is 0 Å². The van der Waals surface area contributed by atoms with Gasteiger partial charge in [-0.2, -0.15) is 0 Å². The smallest absolute Gasteiger partial charge is 0.306 e. The molecule has 1 rings (SSSR count). The lowest BCUT2D eigenvalue weighted by molar-refractivity contribution is -0.143. The van der Waals surface area contributed by atoms with Crippen LogP contribution in [0.5, 0.6) is 0 Å². The van der Waals surface area contributed by atoms with Gasteiger partial charge in [-0.1, -0.05) is 6.42 Å². The van der Waals surface area contributed by atoms with Gasteiger partial charge < -0.3 is 20.3 Å². The normalized spacial score (nSPS) is 24.8. The fraction of sp³-hybridized carbons (Fsp3) is 0.917. The van der Waals surface area contributed by atoms with E-state index >= 15 is 0 Å². The second-order valence-corrected chi connectivity index (χ2v) is 4.54. The van der Waals surface area contributed by atoms with Gasteiger partial charge in [0.05, 0.1) is 19.1 Å². The molecular formula is C12H23NO4. The topological polar surface area (TPSA) is 78.8 Å². The third-order valence-electron chi connectivity index (χ3n) is 3.16. The van der Waals surface area contributed by atoms with Gasteiger partial charge in [0, 0.05) is 12.6 Å². The van der Waals surface area contributed by atoms with Gasteiger partial charge in [-0.3, -0.25) is 4.79 Å². The summed E-state index contributed by atoms with van der Waals surface area (Å²) in [5.74, 6) is -0.838. The van der Waals surface area contributed by atoms with Gasteiger partial charge >= 0.3 is 5.97 Å². The highest BCUT2D eigenvalue weighted by molar-refractivity contribution is 5.70. The van der Waals surface area contributed by atoms with Crippen molar-refractivity contribution in [3.63, 3.8) is 0 Å². The average Bonchev–Trinajstić information content (AvgIpc) is 2.34. The van der Waals surface area contributed by atoms with Crippen molar-refractivity contribution < 1.29 is 19.7 Å². The van der Waals surface area contributed by atoms with E-state index in [-0.39, 0.29) is 12.5 Å². The molecule has 100 valence electrons. The second-order valence-electron chi connectivity index (χ2n) is 4.54. The zero-order valence-electron chi connectivity index (χ0n) is 10.2. The predicted molar refractivity (Wildman–Crippen MR) is 63.9 cm³/mol. The van der Waals surface area contributed by atoms with Crippen LogP contribution in [0.4, 0.5) is 0 Å². The molecule has 5 heteroatoms. The van der Waals surface area contributed by atoms with E-state index in [1.165, 1.54) is 0 Å². The first kappa shape index (κ1) is 14.4. The van der Waals surface area contributed by atoms with Crippen LogP contribution in [0.1, 0.15) is 32.1 Å². The Morgan fingerprint density at radius 2 is 2.18 bits per heavy atom. The van der Waals surface area contributed by atoms with E-state index in [1.807, 2.05) is 0 Å². The van der Waals surface area contributed by atoms with Crippen molar-refractivity contribution in [2.24, 2.45) is 5.92 Å². The van der Waals surface area contributed by atoms with Gasteiger partial charge in [0.1, 0.15) is 0 Å². The van der Waals surface area contributed by atoms with E-state index in [0.717, 1.165) is 38.6 Å². The summed E-state index contributed by atoms with van der Waals surface area (Å²) in [5.41, 5.74) is 0. The number of hydrogen-bond donors (Lipinski definition) is 3. The van der Waals surface area contributed by atoms with Crippen LogP contribution in [0.25, 0.3) is 0 Å². The molecule has 0 bridgehead atoms. The number of aliphatic hydroxyl groups is 1. The fourth-order valence-corrected chi connectivity index (χ4v) is 2.25. The lowest BCUT2D eigenvalue weighted by atomic mass is 9.86. The monoisotopic (exact) mass is 245 g/mol. The molecule has 17 heavy (non-hydrogen) atoms. The minimum atomic E-state index is -0.664. The first-order valence-corrected chi connectivity index (χ1v) is 6.39. The molecule has 3 N–H and O–H groups in total. The van der Waals surface area contributed by atoms with Crippen molar-refractivity contribution in [2.75, 3.05) is 26.4 Å². The molecule has 0 aromatic heterocycles. The molecular weight excluding hydrogens is 222 g/mol. The molecule has 0 aliphatic heterocycles. The van der Waals surface area contributed by atoms with Crippen LogP contribution < -0.4 is 5.32 Å². The molecule has 0 spiro atoms.